The van der Waals surface area contributed by atoms with Gasteiger partial charge in [0.25, 0.3) is 5.56 Å². The molecule has 232 valence electrons. The highest BCUT2D eigenvalue weighted by Crippen LogP contribution is 2.30. The highest BCUT2D eigenvalue weighted by Gasteiger charge is 2.35. The van der Waals surface area contributed by atoms with E-state index in [-0.39, 0.29) is 41.5 Å². The summed E-state index contributed by atoms with van der Waals surface area (Å²) in [6, 6.07) is -0.0611. The van der Waals surface area contributed by atoms with Crippen molar-refractivity contribution in [3.05, 3.63) is 63.9 Å². The van der Waals surface area contributed by atoms with Gasteiger partial charge in [0.05, 0.1) is 24.0 Å². The minimum Gasteiger partial charge on any atom is -0.465 e. The van der Waals surface area contributed by atoms with Crippen LogP contribution < -0.4 is 16.2 Å². The molecule has 0 aliphatic heterocycles. The van der Waals surface area contributed by atoms with E-state index in [1.165, 1.54) is 31.1 Å². The van der Waals surface area contributed by atoms with E-state index in [0.29, 0.717) is 22.7 Å². The Kier molecular flexibility index (Phi) is 10.3. The lowest BCUT2D eigenvalue weighted by Gasteiger charge is -2.18. The Hall–Kier alpha value is -4.76. The van der Waals surface area contributed by atoms with Crippen molar-refractivity contribution in [2.75, 3.05) is 19.4 Å². The highest BCUT2D eigenvalue weighted by atomic mass is 19.4. The first-order valence-corrected chi connectivity index (χ1v) is 13.1. The number of allylic oxidation sites excluding steroid dienone is 1. The number of fused-ring (bicyclic) bond motifs is 1. The van der Waals surface area contributed by atoms with Crippen molar-refractivity contribution in [2.45, 2.75) is 51.9 Å². The van der Waals surface area contributed by atoms with Crippen LogP contribution in [0.25, 0.3) is 11.0 Å². The van der Waals surface area contributed by atoms with Crippen molar-refractivity contribution < 1.29 is 37.1 Å². The summed E-state index contributed by atoms with van der Waals surface area (Å²) in [5.41, 5.74) is -2.66. The predicted molar refractivity (Wildman–Crippen MR) is 148 cm³/mol. The maximum Gasteiger partial charge on any atom is 0.431 e. The summed E-state index contributed by atoms with van der Waals surface area (Å²) in [5, 5.41) is 13.3. The van der Waals surface area contributed by atoms with Crippen LogP contribution in [0.4, 0.5) is 28.0 Å². The smallest absolute Gasteiger partial charge is 0.431 e. The molecule has 3 aromatic heterocycles. The number of nitrogens with zero attached hydrogens (tertiary/aromatic N) is 4. The van der Waals surface area contributed by atoms with Crippen LogP contribution >= 0.6 is 0 Å². The molecular weight excluding hydrogens is 578 g/mol. The average molecular weight is 610 g/mol. The number of likely N-dealkylation sites (N-methyl/N-ethyl adjacent to an activating group) is 1. The Morgan fingerprint density at radius 1 is 1.21 bits per heavy atom. The number of carbonyl (C=O) groups excluding carboxylic acids is 2. The number of hydrogen-bond donors (Lipinski definition) is 4. The molecular formula is C27H31F4N7O5. The lowest BCUT2D eigenvalue weighted by molar-refractivity contribution is -0.144. The van der Waals surface area contributed by atoms with E-state index in [2.05, 4.69) is 20.3 Å². The van der Waals surface area contributed by atoms with E-state index in [9.17, 15) is 36.7 Å². The van der Waals surface area contributed by atoms with Gasteiger partial charge >= 0.3 is 12.3 Å². The molecule has 1 atom stereocenters. The summed E-state index contributed by atoms with van der Waals surface area (Å²) in [5.74, 6) is -2.17. The fourth-order valence-electron chi connectivity index (χ4n) is 4.14. The molecule has 0 spiro atoms. The van der Waals surface area contributed by atoms with Crippen molar-refractivity contribution in [2.24, 2.45) is 5.92 Å². The number of pyridine rings is 2. The number of nitrogens with one attached hydrogen (secondary N) is 3. The first-order chi connectivity index (χ1) is 20.1. The second-order valence-electron chi connectivity index (χ2n) is 10.3. The molecule has 16 heteroatoms. The number of H-pyrrole nitrogens is 1. The molecule has 0 unspecified atom stereocenters. The van der Waals surface area contributed by atoms with Crippen LogP contribution in [0.2, 0.25) is 0 Å². The third-order valence-electron chi connectivity index (χ3n) is 6.17. The third kappa shape index (κ3) is 8.39. The first kappa shape index (κ1) is 32.8. The molecule has 12 nitrogen and oxygen atoms in total. The van der Waals surface area contributed by atoms with Crippen molar-refractivity contribution >= 4 is 34.6 Å². The molecule has 0 aromatic carbocycles. The van der Waals surface area contributed by atoms with Crippen molar-refractivity contribution in [1.82, 2.24) is 29.7 Å². The minimum atomic E-state index is -4.98. The number of rotatable bonds is 11. The van der Waals surface area contributed by atoms with Gasteiger partial charge in [0, 0.05) is 14.1 Å². The highest BCUT2D eigenvalue weighted by molar-refractivity contribution is 5.96. The van der Waals surface area contributed by atoms with Gasteiger partial charge in [-0.05, 0) is 43.4 Å². The van der Waals surface area contributed by atoms with E-state index in [4.69, 9.17) is 5.11 Å². The Morgan fingerprint density at radius 3 is 2.51 bits per heavy atom. The molecule has 0 saturated carbocycles. The first-order valence-electron chi connectivity index (χ1n) is 13.1. The van der Waals surface area contributed by atoms with E-state index >= 15 is 0 Å². The average Bonchev–Trinajstić information content (AvgIpc) is 3.33. The number of anilines is 1. The Morgan fingerprint density at radius 2 is 1.91 bits per heavy atom. The fourth-order valence-corrected chi connectivity index (χ4v) is 4.14. The standard InChI is InChI=1S/C27H31F4N7O5/c1-14(2)11-18-23-22(15(28)12-32-18)35-20(36-23)13-38-19(27(29,30)31)10-9-17(25(38)41)33-24(40)16(34-26(42)43)7-5-6-8-21(39)37(3)4/h6,8-10,12,14,16,34H,5,7,11,13H2,1-4H3,(H,33,40)(H,35,36)(H,42,43)/b8-6+/t16-/m0/s1. The van der Waals surface area contributed by atoms with Gasteiger partial charge in [0.2, 0.25) is 11.8 Å². The number of aromatic amines is 1. The zero-order chi connectivity index (χ0) is 32.1. The van der Waals surface area contributed by atoms with Gasteiger partial charge in [-0.2, -0.15) is 13.2 Å². The minimum absolute atomic E-state index is 0.0887. The fraction of sp³-hybridized carbons (Fsp3) is 0.407. The lowest BCUT2D eigenvalue weighted by Crippen LogP contribution is -2.44. The van der Waals surface area contributed by atoms with Crippen LogP contribution in [-0.2, 0) is 28.7 Å². The zero-order valence-corrected chi connectivity index (χ0v) is 23.8. The number of imidazole rings is 1. The zero-order valence-electron chi connectivity index (χ0n) is 23.8. The van der Waals surface area contributed by atoms with Crippen LogP contribution in [0.5, 0.6) is 0 Å². The van der Waals surface area contributed by atoms with E-state index in [0.717, 1.165) is 12.3 Å². The van der Waals surface area contributed by atoms with Gasteiger partial charge in [-0.3, -0.25) is 23.9 Å². The van der Waals surface area contributed by atoms with Crippen LogP contribution in [0.3, 0.4) is 0 Å². The molecule has 0 aliphatic rings. The normalized spacial score (nSPS) is 12.6. The van der Waals surface area contributed by atoms with Gasteiger partial charge < -0.3 is 25.6 Å². The molecule has 3 aromatic rings. The van der Waals surface area contributed by atoms with Crippen molar-refractivity contribution in [3.8, 4) is 0 Å². The molecule has 0 fully saturated rings. The van der Waals surface area contributed by atoms with E-state index in [1.807, 2.05) is 19.2 Å². The molecule has 3 heterocycles. The lowest BCUT2D eigenvalue weighted by atomic mass is 10.1. The molecule has 0 bridgehead atoms. The predicted octanol–water partition coefficient (Wildman–Crippen LogP) is 3.52. The number of amides is 3. The van der Waals surface area contributed by atoms with Crippen molar-refractivity contribution in [1.29, 1.82) is 0 Å². The largest absolute Gasteiger partial charge is 0.465 e. The SMILES string of the molecule is CC(C)Cc1ncc(F)c2nc(Cn3c(C(F)(F)F)ccc(NC(=O)[C@H](CC/C=C/C(=O)N(C)C)NC(=O)O)c3=O)[nH]c12. The summed E-state index contributed by atoms with van der Waals surface area (Å²) in [6.45, 7) is 3.05. The van der Waals surface area contributed by atoms with Gasteiger partial charge in [0.1, 0.15) is 28.8 Å². The molecule has 3 amide bonds. The van der Waals surface area contributed by atoms with Crippen LogP contribution in [0.15, 0.2) is 35.3 Å². The topological polar surface area (TPSA) is 162 Å². The van der Waals surface area contributed by atoms with Crippen LogP contribution in [0, 0.1) is 11.7 Å². The number of alkyl halides is 3. The number of hydrogen-bond acceptors (Lipinski definition) is 6. The Bertz CT molecular complexity index is 1590. The van der Waals surface area contributed by atoms with Crippen molar-refractivity contribution in [3.63, 3.8) is 0 Å². The molecule has 43 heavy (non-hydrogen) atoms. The van der Waals surface area contributed by atoms with Gasteiger partial charge in [-0.1, -0.05) is 19.9 Å². The summed E-state index contributed by atoms with van der Waals surface area (Å²) >= 11 is 0. The molecule has 0 aliphatic carbocycles. The van der Waals surface area contributed by atoms with Gasteiger partial charge in [-0.25, -0.2) is 14.2 Å². The van der Waals surface area contributed by atoms with Gasteiger partial charge in [0.15, 0.2) is 5.82 Å². The molecule has 0 radical (unpaired) electrons. The number of aromatic nitrogens is 4. The molecule has 0 saturated heterocycles. The molecule has 4 N–H and O–H groups in total. The summed E-state index contributed by atoms with van der Waals surface area (Å²) in [4.78, 5) is 61.3. The van der Waals surface area contributed by atoms with Crippen LogP contribution in [-0.4, -0.2) is 67.6 Å². The second kappa shape index (κ2) is 13.5. The summed E-state index contributed by atoms with van der Waals surface area (Å²) in [6.07, 6.45) is -2.51. The Labute approximate surface area is 242 Å². The number of halogens is 4. The number of carboxylic acid groups (broad SMARTS) is 1. The third-order valence-corrected chi connectivity index (χ3v) is 6.17. The number of carbonyl (C=O) groups is 3. The van der Waals surface area contributed by atoms with Gasteiger partial charge in [-0.15, -0.1) is 0 Å². The quantitative estimate of drug-likeness (QED) is 0.191. The molecule has 3 rings (SSSR count). The maximum absolute atomic E-state index is 14.5. The maximum atomic E-state index is 14.5. The summed E-state index contributed by atoms with van der Waals surface area (Å²) < 4.78 is 56.5. The van der Waals surface area contributed by atoms with E-state index < -0.39 is 53.5 Å². The summed E-state index contributed by atoms with van der Waals surface area (Å²) in [7, 11) is 3.05. The second-order valence-corrected chi connectivity index (χ2v) is 10.3. The van der Waals surface area contributed by atoms with E-state index in [1.54, 1.807) is 0 Å². The van der Waals surface area contributed by atoms with Crippen LogP contribution in [0.1, 0.15) is 43.9 Å². The monoisotopic (exact) mass is 609 g/mol. The Balaban J connectivity index is 1.94.